The normalized spacial score (nSPS) is 10.2. The topological polar surface area (TPSA) is 25.2 Å². The number of aromatic nitrogens is 1. The van der Waals surface area contributed by atoms with Crippen LogP contribution in [0.3, 0.4) is 0 Å². The minimum absolute atomic E-state index is 0.785. The van der Waals surface area contributed by atoms with Gasteiger partial charge in [0.25, 0.3) is 0 Å². The predicted octanol–water partition coefficient (Wildman–Crippen LogP) is 4.75. The number of pyridine rings is 1. The first kappa shape index (κ1) is 12.3. The maximum atomic E-state index is 4.42. The summed E-state index contributed by atoms with van der Waals surface area (Å²) in [4.78, 5) is 8.28. The van der Waals surface area contributed by atoms with Crippen LogP contribution in [-0.2, 0) is 0 Å². The van der Waals surface area contributed by atoms with E-state index >= 15 is 0 Å². The summed E-state index contributed by atoms with van der Waals surface area (Å²) in [7, 11) is 0. The molecule has 0 fully saturated rings. The molecular formula is C18H14N2. The number of hydrogen-bond acceptors (Lipinski definition) is 2. The Hall–Kier alpha value is -2.74. The van der Waals surface area contributed by atoms with Crippen LogP contribution in [0, 0.1) is 0 Å². The zero-order chi connectivity index (χ0) is 13.8. The monoisotopic (exact) mass is 258 g/mol. The molecule has 20 heavy (non-hydrogen) atoms. The maximum absolute atomic E-state index is 4.42. The van der Waals surface area contributed by atoms with Crippen LogP contribution in [0.1, 0.15) is 0 Å². The van der Waals surface area contributed by atoms with E-state index in [-0.39, 0.29) is 0 Å². The average Bonchev–Trinajstić information content (AvgIpc) is 2.56. The van der Waals surface area contributed by atoms with Crippen molar-refractivity contribution in [2.75, 3.05) is 0 Å². The van der Waals surface area contributed by atoms with Gasteiger partial charge in [-0.1, -0.05) is 48.5 Å². The van der Waals surface area contributed by atoms with Gasteiger partial charge in [0.05, 0.1) is 17.6 Å². The summed E-state index contributed by atoms with van der Waals surface area (Å²) >= 11 is 0. The summed E-state index contributed by atoms with van der Waals surface area (Å²) in [5.41, 5.74) is 5.22. The van der Waals surface area contributed by atoms with Crippen LogP contribution in [0.15, 0.2) is 77.9 Å². The molecule has 0 bridgehead atoms. The summed E-state index contributed by atoms with van der Waals surface area (Å²) in [5.74, 6) is 0. The van der Waals surface area contributed by atoms with Crippen molar-refractivity contribution in [1.29, 1.82) is 0 Å². The van der Waals surface area contributed by atoms with Crippen molar-refractivity contribution in [3.8, 4) is 22.4 Å². The molecule has 2 aromatic carbocycles. The quantitative estimate of drug-likeness (QED) is 0.622. The molecule has 0 saturated heterocycles. The molecule has 0 aliphatic rings. The molecule has 0 spiro atoms. The van der Waals surface area contributed by atoms with E-state index < -0.39 is 0 Å². The molecule has 0 unspecified atom stereocenters. The molecule has 0 N–H and O–H groups in total. The maximum Gasteiger partial charge on any atom is 0.0806 e. The van der Waals surface area contributed by atoms with Crippen molar-refractivity contribution < 1.29 is 0 Å². The fourth-order valence-corrected chi connectivity index (χ4v) is 2.14. The van der Waals surface area contributed by atoms with Crippen molar-refractivity contribution >= 4 is 12.4 Å². The minimum atomic E-state index is 0.785. The first-order chi connectivity index (χ1) is 9.86. The molecule has 2 heteroatoms. The molecule has 0 saturated carbocycles. The van der Waals surface area contributed by atoms with Gasteiger partial charge in [-0.3, -0.25) is 9.98 Å². The van der Waals surface area contributed by atoms with Gasteiger partial charge in [-0.2, -0.15) is 0 Å². The molecule has 0 atom stereocenters. The summed E-state index contributed by atoms with van der Waals surface area (Å²) < 4.78 is 0. The minimum Gasteiger partial charge on any atom is -0.263 e. The fourth-order valence-electron chi connectivity index (χ4n) is 2.14. The van der Waals surface area contributed by atoms with E-state index in [1.54, 1.807) is 6.20 Å². The molecule has 0 amide bonds. The molecule has 0 radical (unpaired) electrons. The van der Waals surface area contributed by atoms with Crippen LogP contribution < -0.4 is 0 Å². The van der Waals surface area contributed by atoms with E-state index in [1.165, 1.54) is 11.1 Å². The second kappa shape index (κ2) is 5.49. The van der Waals surface area contributed by atoms with Crippen LogP contribution in [0.5, 0.6) is 0 Å². The Balaban J connectivity index is 2.00. The molecule has 3 rings (SSSR count). The lowest BCUT2D eigenvalue weighted by Crippen LogP contribution is -1.84. The van der Waals surface area contributed by atoms with Gasteiger partial charge in [-0.25, -0.2) is 0 Å². The third-order valence-corrected chi connectivity index (χ3v) is 3.20. The number of nitrogens with zero attached hydrogens (tertiary/aromatic N) is 2. The van der Waals surface area contributed by atoms with E-state index in [4.69, 9.17) is 0 Å². The van der Waals surface area contributed by atoms with E-state index in [2.05, 4.69) is 53.1 Å². The third-order valence-electron chi connectivity index (χ3n) is 3.20. The van der Waals surface area contributed by atoms with E-state index in [0.717, 1.165) is 16.9 Å². The SMILES string of the molecule is C=Nc1ccc(-c2cccc(-c3ccccc3)c2)nc1. The van der Waals surface area contributed by atoms with Gasteiger partial charge < -0.3 is 0 Å². The summed E-state index contributed by atoms with van der Waals surface area (Å²) in [5, 5.41) is 0. The van der Waals surface area contributed by atoms with Crippen molar-refractivity contribution in [2.45, 2.75) is 0 Å². The molecule has 96 valence electrons. The smallest absolute Gasteiger partial charge is 0.0806 e. The largest absolute Gasteiger partial charge is 0.263 e. The Labute approximate surface area is 118 Å². The zero-order valence-electron chi connectivity index (χ0n) is 11.0. The van der Waals surface area contributed by atoms with E-state index in [0.29, 0.717) is 0 Å². The van der Waals surface area contributed by atoms with E-state index in [1.807, 2.05) is 30.3 Å². The van der Waals surface area contributed by atoms with Crippen LogP contribution in [0.4, 0.5) is 5.69 Å². The van der Waals surface area contributed by atoms with Gasteiger partial charge in [-0.05, 0) is 36.0 Å². The van der Waals surface area contributed by atoms with Gasteiger partial charge in [-0.15, -0.1) is 0 Å². The Bertz CT molecular complexity index is 716. The molecule has 2 nitrogen and oxygen atoms in total. The number of hydrogen-bond donors (Lipinski definition) is 0. The second-order valence-electron chi connectivity index (χ2n) is 4.51. The third kappa shape index (κ3) is 2.50. The number of rotatable bonds is 3. The summed E-state index contributed by atoms with van der Waals surface area (Å²) in [6, 6.07) is 22.6. The van der Waals surface area contributed by atoms with Crippen LogP contribution in [0.2, 0.25) is 0 Å². The molecule has 0 aliphatic heterocycles. The second-order valence-corrected chi connectivity index (χ2v) is 4.51. The first-order valence-corrected chi connectivity index (χ1v) is 6.45. The van der Waals surface area contributed by atoms with Crippen molar-refractivity contribution in [3.05, 3.63) is 72.9 Å². The lowest BCUT2D eigenvalue weighted by Gasteiger charge is -2.05. The molecule has 0 aliphatic carbocycles. The summed E-state index contributed by atoms with van der Waals surface area (Å²) in [6.45, 7) is 3.50. The Morgan fingerprint density at radius 2 is 1.50 bits per heavy atom. The van der Waals surface area contributed by atoms with Crippen LogP contribution >= 0.6 is 0 Å². The van der Waals surface area contributed by atoms with Crippen LogP contribution in [0.25, 0.3) is 22.4 Å². The average molecular weight is 258 g/mol. The highest BCUT2D eigenvalue weighted by Crippen LogP contribution is 2.25. The van der Waals surface area contributed by atoms with Crippen LogP contribution in [-0.4, -0.2) is 11.7 Å². The highest BCUT2D eigenvalue weighted by Gasteiger charge is 2.02. The zero-order valence-corrected chi connectivity index (χ0v) is 11.0. The first-order valence-electron chi connectivity index (χ1n) is 6.45. The number of benzene rings is 2. The Morgan fingerprint density at radius 1 is 0.750 bits per heavy atom. The van der Waals surface area contributed by atoms with Crippen molar-refractivity contribution in [3.63, 3.8) is 0 Å². The van der Waals surface area contributed by atoms with E-state index in [9.17, 15) is 0 Å². The standard InChI is InChI=1S/C18H14N2/c1-19-17-10-11-18(20-13-17)16-9-5-8-15(12-16)14-6-3-2-4-7-14/h2-13H,1H2. The van der Waals surface area contributed by atoms with Gasteiger partial charge in [0.1, 0.15) is 0 Å². The van der Waals surface area contributed by atoms with Crippen molar-refractivity contribution in [1.82, 2.24) is 4.98 Å². The molecule has 1 heterocycles. The predicted molar refractivity (Wildman–Crippen MR) is 84.3 cm³/mol. The summed E-state index contributed by atoms with van der Waals surface area (Å²) in [6.07, 6.45) is 1.73. The highest BCUT2D eigenvalue weighted by molar-refractivity contribution is 5.71. The molecule has 3 aromatic rings. The van der Waals surface area contributed by atoms with Gasteiger partial charge in [0, 0.05) is 5.56 Å². The van der Waals surface area contributed by atoms with Crippen molar-refractivity contribution in [2.24, 2.45) is 4.99 Å². The molecule has 1 aromatic heterocycles. The molecular weight excluding hydrogens is 244 g/mol. The Kier molecular flexibility index (Phi) is 3.38. The van der Waals surface area contributed by atoms with Gasteiger partial charge in [0.15, 0.2) is 0 Å². The highest BCUT2D eigenvalue weighted by atomic mass is 14.8. The fraction of sp³-hybridized carbons (Fsp3) is 0. The lowest BCUT2D eigenvalue weighted by molar-refractivity contribution is 1.31. The van der Waals surface area contributed by atoms with Gasteiger partial charge >= 0.3 is 0 Å². The Morgan fingerprint density at radius 3 is 2.20 bits per heavy atom. The lowest BCUT2D eigenvalue weighted by atomic mass is 10.0. The number of aliphatic imine (C=N–C) groups is 1. The van der Waals surface area contributed by atoms with Gasteiger partial charge in [0.2, 0.25) is 0 Å².